The van der Waals surface area contributed by atoms with Gasteiger partial charge < -0.3 is 24.3 Å². The third-order valence-corrected chi connectivity index (χ3v) is 11.3. The zero-order valence-electron chi connectivity index (χ0n) is 21.1. The van der Waals surface area contributed by atoms with Crippen LogP contribution in [0.15, 0.2) is 34.5 Å². The van der Waals surface area contributed by atoms with E-state index in [0.717, 1.165) is 51.7 Å². The maximum absolute atomic E-state index is 12.3. The Morgan fingerprint density at radius 3 is 2.65 bits per heavy atom. The second kappa shape index (κ2) is 8.19. The fraction of sp³-hybridized carbons (Fsp3) is 0.793. The summed E-state index contributed by atoms with van der Waals surface area (Å²) in [6.45, 7) is 8.96. The third-order valence-electron chi connectivity index (χ3n) is 11.3. The highest BCUT2D eigenvalue weighted by atomic mass is 16.5. The number of fused-ring (bicyclic) bond motifs is 5. The predicted octanol–water partition coefficient (Wildman–Crippen LogP) is 5.03. The molecular formula is C29H43NO4. The standard InChI is InChI=1S/C29H43NO4/c1-26-11-9-22(33-19-17-30-15-3-4-16-30)20-21(26)7-8-24-23(26)10-12-27(2)28(24,31)13-14-29(27,32)25-6-5-18-34-25/h5-7,18,22-24,31-32H,3-4,8-17,19-20H2,1-2H3/t22-,23-,24+,26-,27-,28-,29-/m0/s1. The van der Waals surface area contributed by atoms with Gasteiger partial charge in [0.1, 0.15) is 11.4 Å². The number of nitrogens with zero attached hydrogens (tertiary/aromatic N) is 1. The number of furan rings is 1. The van der Waals surface area contributed by atoms with Crippen molar-refractivity contribution in [3.05, 3.63) is 35.8 Å². The van der Waals surface area contributed by atoms with Gasteiger partial charge in [-0.25, -0.2) is 0 Å². The van der Waals surface area contributed by atoms with Crippen molar-refractivity contribution < 1.29 is 19.4 Å². The fourth-order valence-electron chi connectivity index (χ4n) is 9.02. The molecule has 1 saturated heterocycles. The molecule has 0 spiro atoms. The van der Waals surface area contributed by atoms with Crippen LogP contribution in [0.25, 0.3) is 0 Å². The van der Waals surface area contributed by atoms with Gasteiger partial charge in [0, 0.05) is 12.0 Å². The van der Waals surface area contributed by atoms with E-state index in [1.54, 1.807) is 11.8 Å². The lowest BCUT2D eigenvalue weighted by molar-refractivity contribution is -0.222. The Labute approximate surface area is 204 Å². The summed E-state index contributed by atoms with van der Waals surface area (Å²) in [5.41, 5.74) is -0.845. The SMILES string of the molecule is C[C@]12CC[C@H]3[C@@H](CC=C4C[C@@H](OCCN5CCCC5)CC[C@@]43C)[C@@]1(O)CC[C@]2(O)c1ccco1. The van der Waals surface area contributed by atoms with Gasteiger partial charge in [-0.1, -0.05) is 25.5 Å². The first-order valence-electron chi connectivity index (χ1n) is 13.8. The first kappa shape index (κ1) is 23.3. The lowest BCUT2D eigenvalue weighted by Gasteiger charge is -2.62. The molecule has 1 aromatic rings. The van der Waals surface area contributed by atoms with Gasteiger partial charge >= 0.3 is 0 Å². The van der Waals surface area contributed by atoms with E-state index >= 15 is 0 Å². The molecular weight excluding hydrogens is 426 g/mol. The van der Waals surface area contributed by atoms with E-state index in [4.69, 9.17) is 9.15 Å². The summed E-state index contributed by atoms with van der Waals surface area (Å²) < 4.78 is 12.1. The Morgan fingerprint density at radius 2 is 1.88 bits per heavy atom. The van der Waals surface area contributed by atoms with Crippen LogP contribution >= 0.6 is 0 Å². The summed E-state index contributed by atoms with van der Waals surface area (Å²) in [5, 5.41) is 24.2. The first-order chi connectivity index (χ1) is 16.3. The molecule has 34 heavy (non-hydrogen) atoms. The molecule has 0 amide bonds. The highest BCUT2D eigenvalue weighted by Crippen LogP contribution is 2.70. The number of aliphatic hydroxyl groups is 2. The van der Waals surface area contributed by atoms with Crippen LogP contribution in [0.2, 0.25) is 0 Å². The molecule has 5 heteroatoms. The molecule has 0 aromatic carbocycles. The van der Waals surface area contributed by atoms with E-state index in [1.807, 2.05) is 12.1 Å². The highest BCUT2D eigenvalue weighted by Gasteiger charge is 2.72. The van der Waals surface area contributed by atoms with Crippen LogP contribution in [-0.2, 0) is 10.3 Å². The minimum Gasteiger partial charge on any atom is -0.466 e. The number of ether oxygens (including phenoxy) is 1. The van der Waals surface area contributed by atoms with Gasteiger partial charge in [0.2, 0.25) is 0 Å². The number of hydrogen-bond donors (Lipinski definition) is 2. The summed E-state index contributed by atoms with van der Waals surface area (Å²) in [6.07, 6.45) is 14.4. The molecule has 2 N–H and O–H groups in total. The molecule has 2 heterocycles. The minimum atomic E-state index is -1.10. The van der Waals surface area contributed by atoms with Crippen LogP contribution in [0.3, 0.4) is 0 Å². The van der Waals surface area contributed by atoms with E-state index in [9.17, 15) is 10.2 Å². The average Bonchev–Trinajstić information content (AvgIpc) is 3.57. The molecule has 5 nitrogen and oxygen atoms in total. The molecule has 0 bridgehead atoms. The van der Waals surface area contributed by atoms with Crippen LogP contribution in [0, 0.1) is 22.7 Å². The minimum absolute atomic E-state index is 0.139. The monoisotopic (exact) mass is 469 g/mol. The Morgan fingerprint density at radius 1 is 1.06 bits per heavy atom. The van der Waals surface area contributed by atoms with Gasteiger partial charge in [0.15, 0.2) is 0 Å². The third kappa shape index (κ3) is 3.19. The van der Waals surface area contributed by atoms with E-state index in [-0.39, 0.29) is 11.3 Å². The summed E-state index contributed by atoms with van der Waals surface area (Å²) in [7, 11) is 0. The average molecular weight is 470 g/mol. The Kier molecular flexibility index (Phi) is 5.61. The maximum atomic E-state index is 12.3. The Balaban J connectivity index is 1.19. The molecule has 6 rings (SSSR count). The molecule has 188 valence electrons. The van der Waals surface area contributed by atoms with Gasteiger partial charge in [-0.3, -0.25) is 0 Å². The smallest absolute Gasteiger partial charge is 0.136 e. The fourth-order valence-corrected chi connectivity index (χ4v) is 9.02. The molecule has 7 atom stereocenters. The summed E-state index contributed by atoms with van der Waals surface area (Å²) >= 11 is 0. The van der Waals surface area contributed by atoms with Crippen molar-refractivity contribution in [2.24, 2.45) is 22.7 Å². The van der Waals surface area contributed by atoms with E-state index in [0.29, 0.717) is 30.6 Å². The molecule has 1 aromatic heterocycles. The van der Waals surface area contributed by atoms with Crippen molar-refractivity contribution in [2.45, 2.75) is 95.4 Å². The molecule has 5 aliphatic rings. The molecule has 1 aliphatic heterocycles. The van der Waals surface area contributed by atoms with Gasteiger partial charge in [-0.05, 0) is 107 Å². The van der Waals surface area contributed by atoms with Crippen molar-refractivity contribution in [2.75, 3.05) is 26.2 Å². The van der Waals surface area contributed by atoms with Gasteiger partial charge in [0.25, 0.3) is 0 Å². The van der Waals surface area contributed by atoms with Crippen LogP contribution in [0.5, 0.6) is 0 Å². The predicted molar refractivity (Wildman–Crippen MR) is 131 cm³/mol. The van der Waals surface area contributed by atoms with E-state index in [1.165, 1.54) is 25.9 Å². The van der Waals surface area contributed by atoms with Crippen molar-refractivity contribution in [3.8, 4) is 0 Å². The number of rotatable bonds is 5. The maximum Gasteiger partial charge on any atom is 0.136 e. The van der Waals surface area contributed by atoms with Crippen molar-refractivity contribution in [3.63, 3.8) is 0 Å². The zero-order chi connectivity index (χ0) is 23.6. The lowest BCUT2D eigenvalue weighted by Crippen LogP contribution is -2.63. The second-order valence-electron chi connectivity index (χ2n) is 12.5. The topological polar surface area (TPSA) is 66.1 Å². The quantitative estimate of drug-likeness (QED) is 0.593. The summed E-state index contributed by atoms with van der Waals surface area (Å²) in [4.78, 5) is 2.53. The van der Waals surface area contributed by atoms with Crippen LogP contribution in [0.1, 0.15) is 83.8 Å². The van der Waals surface area contributed by atoms with E-state index in [2.05, 4.69) is 24.8 Å². The van der Waals surface area contributed by atoms with Crippen LogP contribution in [-0.4, -0.2) is 53.1 Å². The van der Waals surface area contributed by atoms with Crippen molar-refractivity contribution in [1.82, 2.24) is 4.90 Å². The lowest BCUT2D eigenvalue weighted by atomic mass is 9.45. The van der Waals surface area contributed by atoms with Gasteiger partial charge in [-0.2, -0.15) is 0 Å². The Bertz CT molecular complexity index is 923. The zero-order valence-corrected chi connectivity index (χ0v) is 21.1. The second-order valence-corrected chi connectivity index (χ2v) is 12.5. The Hall–Kier alpha value is -1.14. The van der Waals surface area contributed by atoms with E-state index < -0.39 is 16.6 Å². The summed E-state index contributed by atoms with van der Waals surface area (Å²) in [6, 6.07) is 3.73. The molecule has 3 saturated carbocycles. The number of likely N-dealkylation sites (tertiary alicyclic amines) is 1. The normalized spacial score (nSPS) is 46.6. The van der Waals surface area contributed by atoms with Crippen LogP contribution in [0.4, 0.5) is 0 Å². The van der Waals surface area contributed by atoms with Crippen molar-refractivity contribution >= 4 is 0 Å². The molecule has 0 unspecified atom stereocenters. The van der Waals surface area contributed by atoms with Crippen LogP contribution < -0.4 is 0 Å². The largest absolute Gasteiger partial charge is 0.466 e. The highest BCUT2D eigenvalue weighted by molar-refractivity contribution is 5.31. The molecule has 0 radical (unpaired) electrons. The molecule has 4 aliphatic carbocycles. The molecule has 4 fully saturated rings. The van der Waals surface area contributed by atoms with Gasteiger partial charge in [-0.15, -0.1) is 0 Å². The first-order valence-corrected chi connectivity index (χ1v) is 13.8. The summed E-state index contributed by atoms with van der Waals surface area (Å²) in [5.74, 6) is 1.28. The van der Waals surface area contributed by atoms with Gasteiger partial charge in [0.05, 0.1) is 24.6 Å². The number of allylic oxidation sites excluding steroid dienone is 1. The number of hydrogen-bond acceptors (Lipinski definition) is 5. The van der Waals surface area contributed by atoms with Crippen molar-refractivity contribution in [1.29, 1.82) is 0 Å².